The summed E-state index contributed by atoms with van der Waals surface area (Å²) in [5.74, 6) is -4.11. The molecule has 1 unspecified atom stereocenters. The van der Waals surface area contributed by atoms with Gasteiger partial charge in [0, 0.05) is 4.88 Å². The average Bonchev–Trinajstić information content (AvgIpc) is 2.82. The third kappa shape index (κ3) is 4.14. The van der Waals surface area contributed by atoms with Crippen LogP contribution in [0.15, 0.2) is 0 Å². The molecule has 3 nitrogen and oxygen atoms in total. The maximum Gasteiger partial charge on any atom is 0.330 e. The smallest absolute Gasteiger partial charge is 0.330 e. The van der Waals surface area contributed by atoms with Crippen LogP contribution in [0.4, 0.5) is 17.6 Å². The Hall–Kier alpha value is -0.730. The Morgan fingerprint density at radius 1 is 1.48 bits per heavy atom. The van der Waals surface area contributed by atoms with E-state index in [1.165, 1.54) is 11.3 Å². The molecule has 8 heteroatoms. The van der Waals surface area contributed by atoms with Crippen LogP contribution >= 0.6 is 11.3 Å². The van der Waals surface area contributed by atoms with Gasteiger partial charge >= 0.3 is 12.3 Å². The minimum Gasteiger partial charge on any atom is -0.368 e. The van der Waals surface area contributed by atoms with Gasteiger partial charge in [-0.3, -0.25) is 0 Å². The van der Waals surface area contributed by atoms with Gasteiger partial charge in [0.15, 0.2) is 0 Å². The molecular formula is C13H18F4N2OS. The van der Waals surface area contributed by atoms with E-state index in [2.05, 4.69) is 10.3 Å². The van der Waals surface area contributed by atoms with E-state index < -0.39 is 19.0 Å². The van der Waals surface area contributed by atoms with Gasteiger partial charge in [-0.15, -0.1) is 11.3 Å². The van der Waals surface area contributed by atoms with Gasteiger partial charge in [0.2, 0.25) is 0 Å². The van der Waals surface area contributed by atoms with Crippen LogP contribution in [0.25, 0.3) is 0 Å². The number of nitrogens with zero attached hydrogens (tertiary/aromatic N) is 1. The molecule has 120 valence electrons. The summed E-state index contributed by atoms with van der Waals surface area (Å²) in [5.41, 5.74) is 0.951. The first-order valence-corrected chi connectivity index (χ1v) is 7.71. The molecule has 21 heavy (non-hydrogen) atoms. The second-order valence-electron chi connectivity index (χ2n) is 4.97. The Balaban J connectivity index is 1.94. The van der Waals surface area contributed by atoms with Gasteiger partial charge in [-0.1, -0.05) is 6.92 Å². The van der Waals surface area contributed by atoms with Gasteiger partial charge in [0.1, 0.15) is 11.6 Å². The Bertz CT molecular complexity index is 467. The zero-order chi connectivity index (χ0) is 15.5. The summed E-state index contributed by atoms with van der Waals surface area (Å²) in [6.45, 7) is 1.40. The highest BCUT2D eigenvalue weighted by molar-refractivity contribution is 7.11. The second kappa shape index (κ2) is 7.02. The number of aryl methyl sites for hydroxylation is 1. The second-order valence-corrected chi connectivity index (χ2v) is 6.14. The van der Waals surface area contributed by atoms with E-state index in [-0.39, 0.29) is 12.6 Å². The predicted molar refractivity (Wildman–Crippen MR) is 72.1 cm³/mol. The number of hydrogen-bond acceptors (Lipinski definition) is 4. The summed E-state index contributed by atoms with van der Waals surface area (Å²) in [4.78, 5) is 5.54. The van der Waals surface area contributed by atoms with Crippen LogP contribution in [0.2, 0.25) is 0 Å². The summed E-state index contributed by atoms with van der Waals surface area (Å²) in [5, 5.41) is 3.90. The van der Waals surface area contributed by atoms with Gasteiger partial charge < -0.3 is 10.1 Å². The van der Waals surface area contributed by atoms with Crippen LogP contribution in [0.1, 0.15) is 41.4 Å². The Morgan fingerprint density at radius 3 is 2.90 bits per heavy atom. The molecule has 0 aromatic carbocycles. The van der Waals surface area contributed by atoms with Crippen molar-refractivity contribution in [2.75, 3.05) is 13.2 Å². The highest BCUT2D eigenvalue weighted by Crippen LogP contribution is 2.33. The van der Waals surface area contributed by atoms with Crippen molar-refractivity contribution in [3.05, 3.63) is 15.6 Å². The van der Waals surface area contributed by atoms with Crippen LogP contribution in [0, 0.1) is 0 Å². The summed E-state index contributed by atoms with van der Waals surface area (Å²) in [7, 11) is 0. The van der Waals surface area contributed by atoms with Crippen molar-refractivity contribution in [1.82, 2.24) is 10.3 Å². The first kappa shape index (κ1) is 16.6. The van der Waals surface area contributed by atoms with Crippen molar-refractivity contribution in [3.8, 4) is 0 Å². The molecule has 0 bridgehead atoms. The number of aromatic nitrogens is 1. The van der Waals surface area contributed by atoms with Crippen LogP contribution < -0.4 is 5.32 Å². The summed E-state index contributed by atoms with van der Waals surface area (Å²) < 4.78 is 54.2. The molecular weight excluding hydrogens is 308 g/mol. The lowest BCUT2D eigenvalue weighted by atomic mass is 9.98. The highest BCUT2D eigenvalue weighted by atomic mass is 32.1. The molecule has 0 spiro atoms. The van der Waals surface area contributed by atoms with Crippen molar-refractivity contribution in [3.63, 3.8) is 0 Å². The Labute approximate surface area is 124 Å². The number of fused-ring (bicyclic) bond motifs is 1. The summed E-state index contributed by atoms with van der Waals surface area (Å²) >= 11 is 1.42. The van der Waals surface area contributed by atoms with Gasteiger partial charge in [0.05, 0.1) is 18.3 Å². The molecule has 1 heterocycles. The van der Waals surface area contributed by atoms with Crippen LogP contribution in [-0.2, 0) is 17.8 Å². The van der Waals surface area contributed by atoms with E-state index >= 15 is 0 Å². The number of rotatable bonds is 7. The minimum absolute atomic E-state index is 0.154. The largest absolute Gasteiger partial charge is 0.368 e. The first-order chi connectivity index (χ1) is 9.94. The van der Waals surface area contributed by atoms with Gasteiger partial charge in [-0.2, -0.15) is 8.78 Å². The molecule has 0 radical (unpaired) electrons. The first-order valence-electron chi connectivity index (χ1n) is 6.89. The van der Waals surface area contributed by atoms with E-state index in [0.717, 1.165) is 36.4 Å². The fourth-order valence-corrected chi connectivity index (χ4v) is 3.42. The molecule has 1 aromatic rings. The SMILES string of the molecule is CCNC1CCCc2sc(COCC(F)(F)C(F)F)nc21. The molecule has 1 aliphatic rings. The molecule has 2 rings (SSSR count). The van der Waals surface area contributed by atoms with Crippen LogP contribution in [-0.4, -0.2) is 30.5 Å². The van der Waals surface area contributed by atoms with Crippen molar-refractivity contribution >= 4 is 11.3 Å². The van der Waals surface area contributed by atoms with Crippen molar-refractivity contribution in [2.24, 2.45) is 0 Å². The molecule has 0 saturated heterocycles. The van der Waals surface area contributed by atoms with Gasteiger partial charge in [0.25, 0.3) is 0 Å². The Morgan fingerprint density at radius 2 is 2.24 bits per heavy atom. The van der Waals surface area contributed by atoms with Gasteiger partial charge in [-0.05, 0) is 25.8 Å². The number of nitrogens with one attached hydrogen (secondary N) is 1. The molecule has 1 aliphatic carbocycles. The summed E-state index contributed by atoms with van der Waals surface area (Å²) in [6.07, 6.45) is -0.743. The lowest BCUT2D eigenvalue weighted by molar-refractivity contribution is -0.168. The van der Waals surface area contributed by atoms with Gasteiger partial charge in [-0.25, -0.2) is 13.8 Å². The van der Waals surface area contributed by atoms with E-state index in [4.69, 9.17) is 4.74 Å². The topological polar surface area (TPSA) is 34.1 Å². The quantitative estimate of drug-likeness (QED) is 0.778. The van der Waals surface area contributed by atoms with Crippen LogP contribution in [0.5, 0.6) is 0 Å². The zero-order valence-corrected chi connectivity index (χ0v) is 12.5. The molecule has 1 aromatic heterocycles. The molecule has 0 aliphatic heterocycles. The Kier molecular flexibility index (Phi) is 5.56. The maximum atomic E-state index is 12.7. The zero-order valence-electron chi connectivity index (χ0n) is 11.7. The highest BCUT2D eigenvalue weighted by Gasteiger charge is 2.41. The fourth-order valence-electron chi connectivity index (χ4n) is 2.31. The molecule has 0 saturated carbocycles. The molecule has 0 fully saturated rings. The normalized spacial score (nSPS) is 19.0. The monoisotopic (exact) mass is 326 g/mol. The number of halogens is 4. The third-order valence-electron chi connectivity index (χ3n) is 3.29. The average molecular weight is 326 g/mol. The van der Waals surface area contributed by atoms with E-state index in [9.17, 15) is 17.6 Å². The van der Waals surface area contributed by atoms with E-state index in [0.29, 0.717) is 5.01 Å². The number of thiazole rings is 1. The standard InChI is InChI=1S/C13H18F4N2OS/c1-2-18-8-4-3-5-9-11(8)19-10(21-9)6-20-7-13(16,17)12(14)15/h8,12,18H,2-7H2,1H3. The molecule has 1 N–H and O–H groups in total. The van der Waals surface area contributed by atoms with Crippen molar-refractivity contribution in [1.29, 1.82) is 0 Å². The minimum atomic E-state index is -4.11. The lowest BCUT2D eigenvalue weighted by Gasteiger charge is -2.21. The fraction of sp³-hybridized carbons (Fsp3) is 0.769. The number of ether oxygens (including phenoxy) is 1. The van der Waals surface area contributed by atoms with Crippen molar-refractivity contribution < 1.29 is 22.3 Å². The predicted octanol–water partition coefficient (Wildman–Crippen LogP) is 3.55. The lowest BCUT2D eigenvalue weighted by Crippen LogP contribution is -2.32. The molecule has 0 amide bonds. The van der Waals surface area contributed by atoms with E-state index in [1.54, 1.807) is 0 Å². The number of hydrogen-bond donors (Lipinski definition) is 1. The number of alkyl halides is 4. The maximum absolute atomic E-state index is 12.7. The molecule has 1 atom stereocenters. The van der Waals surface area contributed by atoms with Crippen LogP contribution in [0.3, 0.4) is 0 Å². The third-order valence-corrected chi connectivity index (χ3v) is 4.39. The van der Waals surface area contributed by atoms with E-state index in [1.807, 2.05) is 6.92 Å². The van der Waals surface area contributed by atoms with Crippen molar-refractivity contribution in [2.45, 2.75) is 51.2 Å². The summed E-state index contributed by atoms with van der Waals surface area (Å²) in [6, 6.07) is 0.186.